The van der Waals surface area contributed by atoms with Gasteiger partial charge in [-0.25, -0.2) is 0 Å². The first-order valence-electron chi connectivity index (χ1n) is 9.45. The summed E-state index contributed by atoms with van der Waals surface area (Å²) in [7, 11) is -9.02. The molecule has 2 aromatic heterocycles. The fourth-order valence-corrected chi connectivity index (χ4v) is 2.53. The van der Waals surface area contributed by atoms with Crippen molar-refractivity contribution in [2.24, 2.45) is 0 Å². The molecule has 0 spiro atoms. The molecule has 11 heteroatoms. The third-order valence-corrected chi connectivity index (χ3v) is 3.91. The maximum atomic E-state index is 9.87. The van der Waals surface area contributed by atoms with Crippen molar-refractivity contribution in [3.05, 3.63) is 117 Å². The maximum Gasteiger partial charge on any atom is 0.0467 e. The number of nitrogens with zero attached hydrogens (tertiary/aromatic N) is 2. The Balaban J connectivity index is 0.000000508. The Labute approximate surface area is 200 Å². The monoisotopic (exact) mass is 519 g/mol. The van der Waals surface area contributed by atoms with Gasteiger partial charge in [0, 0.05) is 36.7 Å². The average Bonchev–Trinajstić information content (AvgIpc) is 2.79. The molecule has 0 amide bonds. The third kappa shape index (κ3) is 15.0. The first-order chi connectivity index (χ1) is 15.3. The summed E-state index contributed by atoms with van der Waals surface area (Å²) in [5.41, 5.74) is 4.86. The largest absolute Gasteiger partial charge is 0.412 e. The first kappa shape index (κ1) is 31.4. The second kappa shape index (κ2) is 12.2. The number of halogens is 6. The molecule has 0 atom stereocenters. The van der Waals surface area contributed by atoms with E-state index in [2.05, 4.69) is 29.2 Å². The Kier molecular flexibility index (Phi) is 10.9. The molecular formula is C24H26F6N2O2P+. The molecule has 0 aliphatic carbocycles. The number of benzene rings is 2. The summed E-state index contributed by atoms with van der Waals surface area (Å²) in [4.78, 5) is 8.99. The van der Waals surface area contributed by atoms with Crippen LogP contribution in [-0.4, -0.2) is 17.6 Å². The summed E-state index contributed by atoms with van der Waals surface area (Å²) in [5, 5.41) is 0. The minimum atomic E-state index is -10.7. The van der Waals surface area contributed by atoms with Crippen LogP contribution < -0.4 is 9.57 Å². The summed E-state index contributed by atoms with van der Waals surface area (Å²) in [6, 6.07) is 28.6. The van der Waals surface area contributed by atoms with Crippen LogP contribution in [0.3, 0.4) is 0 Å². The van der Waals surface area contributed by atoms with Crippen molar-refractivity contribution in [1.29, 1.82) is 0 Å². The minimum Gasteiger partial charge on any atom is -0.412 e. The van der Waals surface area contributed by atoms with E-state index in [0.717, 1.165) is 0 Å². The molecule has 0 radical (unpaired) electrons. The van der Waals surface area contributed by atoms with E-state index >= 15 is 0 Å². The van der Waals surface area contributed by atoms with E-state index in [9.17, 15) is 25.2 Å². The normalized spacial score (nSPS) is 11.9. The van der Waals surface area contributed by atoms with Gasteiger partial charge in [0.1, 0.15) is 7.11 Å². The number of aromatic nitrogens is 2. The van der Waals surface area contributed by atoms with Crippen molar-refractivity contribution in [2.45, 2.75) is 0 Å². The summed E-state index contributed by atoms with van der Waals surface area (Å²) in [6.45, 7) is 0. The summed E-state index contributed by atoms with van der Waals surface area (Å²) in [5.74, 6) is 0. The molecule has 0 aliphatic heterocycles. The van der Waals surface area contributed by atoms with Crippen molar-refractivity contribution in [3.8, 4) is 22.3 Å². The number of pyridine rings is 2. The third-order valence-electron chi connectivity index (χ3n) is 3.91. The zero-order chi connectivity index (χ0) is 24.4. The van der Waals surface area contributed by atoms with Crippen LogP contribution in [0.5, 0.6) is 0 Å². The second-order valence-corrected chi connectivity index (χ2v) is 8.47. The van der Waals surface area contributed by atoms with Gasteiger partial charge >= 0.3 is 33.0 Å². The van der Waals surface area contributed by atoms with Gasteiger partial charge in [-0.3, -0.25) is 9.82 Å². The second-order valence-electron chi connectivity index (χ2n) is 6.56. The van der Waals surface area contributed by atoms with E-state index in [1.165, 1.54) is 22.3 Å². The summed E-state index contributed by atoms with van der Waals surface area (Å²) >= 11 is 0. The zero-order valence-electron chi connectivity index (χ0n) is 18.9. The van der Waals surface area contributed by atoms with Crippen LogP contribution in [0.4, 0.5) is 25.2 Å². The Bertz CT molecular complexity index is 1070. The fourth-order valence-electron chi connectivity index (χ4n) is 2.53. The predicted octanol–water partition coefficient (Wildman–Crippen LogP) is 7.46. The molecule has 0 fully saturated rings. The van der Waals surface area contributed by atoms with Crippen molar-refractivity contribution >= 4 is 7.81 Å². The first-order valence-corrected chi connectivity index (χ1v) is 11.5. The number of hydrogen-bond donors (Lipinski definition) is 0. The van der Waals surface area contributed by atoms with Crippen LogP contribution in [0.15, 0.2) is 110 Å². The molecule has 0 unspecified atom stereocenters. The van der Waals surface area contributed by atoms with Crippen LogP contribution in [0.2, 0.25) is 0 Å². The number of hydrogen-bond acceptors (Lipinski definition) is 2. The molecule has 4 nitrogen and oxygen atoms in total. The number of rotatable bonds is 3. The van der Waals surface area contributed by atoms with E-state index in [1.807, 2.05) is 85.5 Å². The van der Waals surface area contributed by atoms with Gasteiger partial charge in [-0.15, -0.1) is 0 Å². The van der Waals surface area contributed by atoms with Gasteiger partial charge < -0.3 is 5.48 Å². The predicted molar refractivity (Wildman–Crippen MR) is 128 cm³/mol. The summed E-state index contributed by atoms with van der Waals surface area (Å²) < 4.78 is 60.9. The molecule has 4 rings (SSSR count). The van der Waals surface area contributed by atoms with Gasteiger partial charge in [0.2, 0.25) is 12.4 Å². The van der Waals surface area contributed by atoms with Crippen molar-refractivity contribution < 1.29 is 40.2 Å². The molecule has 0 saturated heterocycles. The standard InChI is InChI=1S/C12H12NO.C11H9N.CH3.F6P.H2O/c1-14-13-9-7-12(8-10-13)11-5-3-2-4-6-11;1-2-4-10(5-3-1)11-6-8-12-9-7-11;;1-7(2,3,4,5)6;/h2-10H,1H3;1-9H;1H3;;1H2/q+1;;+1;-1;. The molecule has 4 aromatic rings. The smallest absolute Gasteiger partial charge is 0.0467 e. The van der Waals surface area contributed by atoms with Crippen LogP contribution in [0.1, 0.15) is 0 Å². The Morgan fingerprint density at radius 1 is 0.600 bits per heavy atom. The van der Waals surface area contributed by atoms with E-state index in [-0.39, 0.29) is 12.9 Å². The summed E-state index contributed by atoms with van der Waals surface area (Å²) in [6.07, 6.45) is 7.40. The quantitative estimate of drug-likeness (QED) is 0.122. The van der Waals surface area contributed by atoms with E-state index in [4.69, 9.17) is 4.84 Å². The van der Waals surface area contributed by atoms with Crippen LogP contribution >= 0.6 is 7.81 Å². The van der Waals surface area contributed by atoms with Gasteiger partial charge in [0.05, 0.1) is 0 Å². The van der Waals surface area contributed by atoms with Crippen LogP contribution in [-0.2, 0) is 0 Å². The van der Waals surface area contributed by atoms with Crippen molar-refractivity contribution in [1.82, 2.24) is 4.98 Å². The Hall–Kier alpha value is -3.62. The van der Waals surface area contributed by atoms with Crippen LogP contribution in [0.25, 0.3) is 22.3 Å². The fraction of sp³-hybridized carbons (Fsp3) is 0.0417. The molecule has 190 valence electrons. The topological polar surface area (TPSA) is 57.5 Å². The molecule has 0 bridgehead atoms. The van der Waals surface area contributed by atoms with E-state index < -0.39 is 7.81 Å². The zero-order valence-corrected chi connectivity index (χ0v) is 19.8. The van der Waals surface area contributed by atoms with Gasteiger partial charge in [-0.2, -0.15) is 0 Å². The molecular weight excluding hydrogens is 493 g/mol. The maximum absolute atomic E-state index is 10.7. The molecule has 0 aliphatic rings. The molecule has 2 aromatic carbocycles. The van der Waals surface area contributed by atoms with Gasteiger partial charge in [0.25, 0.3) is 0 Å². The average molecular weight is 519 g/mol. The van der Waals surface area contributed by atoms with E-state index in [1.54, 1.807) is 11.8 Å². The molecule has 35 heavy (non-hydrogen) atoms. The SMILES string of the molecule is CO[n+]1ccc(-c2ccccc2)cc1.F[P-](F)(F)(F)(F)F.O.[CH3+].c1ccc(-c2ccncc2)cc1. The molecule has 2 N–H and O–H groups in total. The van der Waals surface area contributed by atoms with Gasteiger partial charge in [-0.1, -0.05) is 60.7 Å². The molecule has 0 saturated carbocycles. The Morgan fingerprint density at radius 3 is 1.26 bits per heavy atom. The van der Waals surface area contributed by atoms with Crippen LogP contribution in [0, 0.1) is 7.43 Å². The minimum absolute atomic E-state index is 0. The Morgan fingerprint density at radius 2 is 0.914 bits per heavy atom. The van der Waals surface area contributed by atoms with Crippen molar-refractivity contribution in [2.75, 3.05) is 7.11 Å². The van der Waals surface area contributed by atoms with Crippen molar-refractivity contribution in [3.63, 3.8) is 0 Å². The van der Waals surface area contributed by atoms with Gasteiger partial charge in [0.15, 0.2) is 0 Å². The van der Waals surface area contributed by atoms with Gasteiger partial charge in [-0.05, 0) is 34.4 Å². The van der Waals surface area contributed by atoms with E-state index in [0.29, 0.717) is 0 Å². The molecule has 2 heterocycles.